The maximum absolute atomic E-state index is 12.2. The Balaban J connectivity index is 2.00. The highest BCUT2D eigenvalue weighted by Crippen LogP contribution is 2.34. The van der Waals surface area contributed by atoms with Crippen molar-refractivity contribution in [2.24, 2.45) is 5.92 Å². The lowest BCUT2D eigenvalue weighted by molar-refractivity contribution is -0.123. The van der Waals surface area contributed by atoms with Crippen LogP contribution in [0.5, 0.6) is 5.75 Å². The molecular weight excluding hydrogens is 236 g/mol. The summed E-state index contributed by atoms with van der Waals surface area (Å²) in [6, 6.07) is 8.09. The molecule has 0 radical (unpaired) electrons. The summed E-state index contributed by atoms with van der Waals surface area (Å²) in [4.78, 5) is 12.2. The highest BCUT2D eigenvalue weighted by Gasteiger charge is 2.28. The molecule has 0 aromatic heterocycles. The number of rotatable bonds is 5. The molecule has 1 aliphatic rings. The van der Waals surface area contributed by atoms with Crippen molar-refractivity contribution >= 4 is 5.78 Å². The Bertz CT molecular complexity index is 408. The van der Waals surface area contributed by atoms with Crippen LogP contribution in [0.1, 0.15) is 57.4 Å². The summed E-state index contributed by atoms with van der Waals surface area (Å²) in [7, 11) is 0. The summed E-state index contributed by atoms with van der Waals surface area (Å²) < 4.78 is 5.57. The molecule has 0 aliphatic heterocycles. The number of ketones is 1. The largest absolute Gasteiger partial charge is 0.494 e. The Morgan fingerprint density at radius 3 is 2.47 bits per heavy atom. The minimum absolute atomic E-state index is 0.114. The smallest absolute Gasteiger partial charge is 0.140 e. The van der Waals surface area contributed by atoms with Crippen molar-refractivity contribution in [3.8, 4) is 5.75 Å². The fourth-order valence-corrected chi connectivity index (χ4v) is 2.81. The van der Waals surface area contributed by atoms with E-state index in [1.807, 2.05) is 12.1 Å². The zero-order valence-electron chi connectivity index (χ0n) is 12.0. The van der Waals surface area contributed by atoms with Gasteiger partial charge in [0.25, 0.3) is 0 Å². The van der Waals surface area contributed by atoms with E-state index < -0.39 is 0 Å². The number of benzene rings is 1. The lowest BCUT2D eigenvalue weighted by atomic mass is 9.77. The van der Waals surface area contributed by atoms with E-state index in [9.17, 15) is 4.79 Å². The van der Waals surface area contributed by atoms with Crippen LogP contribution in [0, 0.1) is 5.92 Å². The summed E-state index contributed by atoms with van der Waals surface area (Å²) in [6.45, 7) is 5.03. The van der Waals surface area contributed by atoms with E-state index >= 15 is 0 Å². The third-order valence-electron chi connectivity index (χ3n) is 4.07. The van der Waals surface area contributed by atoms with Gasteiger partial charge in [-0.25, -0.2) is 0 Å². The predicted octanol–water partition coefficient (Wildman–Crippen LogP) is 4.34. The average molecular weight is 260 g/mol. The second kappa shape index (κ2) is 6.74. The van der Waals surface area contributed by atoms with Gasteiger partial charge < -0.3 is 4.74 Å². The summed E-state index contributed by atoms with van der Waals surface area (Å²) in [5.41, 5.74) is 1.16. The Morgan fingerprint density at radius 1 is 1.16 bits per heavy atom. The molecule has 19 heavy (non-hydrogen) atoms. The summed E-state index contributed by atoms with van der Waals surface area (Å²) in [5.74, 6) is 2.04. The van der Waals surface area contributed by atoms with Gasteiger partial charge in [-0.1, -0.05) is 32.4 Å². The van der Waals surface area contributed by atoms with Crippen LogP contribution in [0.4, 0.5) is 0 Å². The van der Waals surface area contributed by atoms with E-state index in [0.29, 0.717) is 11.7 Å². The molecule has 0 heterocycles. The van der Waals surface area contributed by atoms with Crippen molar-refractivity contribution in [3.63, 3.8) is 0 Å². The van der Waals surface area contributed by atoms with E-state index in [1.54, 1.807) is 0 Å². The first-order valence-electron chi connectivity index (χ1n) is 7.50. The normalized spacial score (nSPS) is 23.4. The standard InChI is InChI=1S/C17H24O2/c1-3-11-19-15-8-6-14(7-9-15)16-10-5-13(4-2)12-17(16)18/h6-9,13,16H,3-5,10-12H2,1-2H3/t13-,16+/m1/s1. The molecule has 1 fully saturated rings. The zero-order chi connectivity index (χ0) is 13.7. The Labute approximate surface area is 116 Å². The maximum atomic E-state index is 12.2. The van der Waals surface area contributed by atoms with Crippen LogP contribution < -0.4 is 4.74 Å². The van der Waals surface area contributed by atoms with E-state index in [0.717, 1.165) is 43.6 Å². The van der Waals surface area contributed by atoms with Gasteiger partial charge in [0.05, 0.1) is 6.61 Å². The fourth-order valence-electron chi connectivity index (χ4n) is 2.81. The lowest BCUT2D eigenvalue weighted by Crippen LogP contribution is -2.23. The third-order valence-corrected chi connectivity index (χ3v) is 4.07. The molecule has 2 heteroatoms. The molecule has 1 saturated carbocycles. The number of carbonyl (C=O) groups is 1. The highest BCUT2D eigenvalue weighted by molar-refractivity contribution is 5.86. The number of carbonyl (C=O) groups excluding carboxylic acids is 1. The lowest BCUT2D eigenvalue weighted by Gasteiger charge is -2.27. The fraction of sp³-hybridized carbons (Fsp3) is 0.588. The van der Waals surface area contributed by atoms with Crippen molar-refractivity contribution in [3.05, 3.63) is 29.8 Å². The van der Waals surface area contributed by atoms with Gasteiger partial charge in [0.2, 0.25) is 0 Å². The van der Waals surface area contributed by atoms with E-state index in [2.05, 4.69) is 26.0 Å². The van der Waals surface area contributed by atoms with E-state index in [-0.39, 0.29) is 5.92 Å². The van der Waals surface area contributed by atoms with Crippen LogP contribution in [0.2, 0.25) is 0 Å². The molecule has 1 aliphatic carbocycles. The van der Waals surface area contributed by atoms with Crippen LogP contribution in [-0.4, -0.2) is 12.4 Å². The molecule has 2 nitrogen and oxygen atoms in total. The summed E-state index contributed by atoms with van der Waals surface area (Å²) in [5, 5.41) is 0. The van der Waals surface area contributed by atoms with Crippen LogP contribution in [0.15, 0.2) is 24.3 Å². The first kappa shape index (κ1) is 14.1. The van der Waals surface area contributed by atoms with Gasteiger partial charge in [-0.15, -0.1) is 0 Å². The Morgan fingerprint density at radius 2 is 1.89 bits per heavy atom. The molecule has 1 aromatic rings. The van der Waals surface area contributed by atoms with Crippen molar-refractivity contribution in [1.29, 1.82) is 0 Å². The van der Waals surface area contributed by atoms with Gasteiger partial charge in [0.1, 0.15) is 11.5 Å². The summed E-state index contributed by atoms with van der Waals surface area (Å²) >= 11 is 0. The SMILES string of the molecule is CCCOc1ccc([C@@H]2CC[C@@H](CC)CC2=O)cc1. The number of Topliss-reactive ketones (excluding diaryl/α,β-unsaturated/α-hetero) is 1. The predicted molar refractivity (Wildman–Crippen MR) is 77.6 cm³/mol. The summed E-state index contributed by atoms with van der Waals surface area (Å²) in [6.07, 6.45) is 5.09. The molecule has 0 N–H and O–H groups in total. The molecule has 104 valence electrons. The van der Waals surface area contributed by atoms with Crippen molar-refractivity contribution in [1.82, 2.24) is 0 Å². The van der Waals surface area contributed by atoms with Crippen LogP contribution in [0.25, 0.3) is 0 Å². The van der Waals surface area contributed by atoms with Gasteiger partial charge in [0, 0.05) is 12.3 Å². The zero-order valence-corrected chi connectivity index (χ0v) is 12.0. The van der Waals surface area contributed by atoms with Gasteiger partial charge in [0.15, 0.2) is 0 Å². The van der Waals surface area contributed by atoms with E-state index in [4.69, 9.17) is 4.74 Å². The molecule has 2 atom stereocenters. The molecule has 0 amide bonds. The van der Waals surface area contributed by atoms with E-state index in [1.165, 1.54) is 6.42 Å². The molecule has 0 saturated heterocycles. The molecule has 0 bridgehead atoms. The molecule has 0 spiro atoms. The van der Waals surface area contributed by atoms with Crippen LogP contribution in [0.3, 0.4) is 0 Å². The quantitative estimate of drug-likeness (QED) is 0.787. The van der Waals surface area contributed by atoms with Crippen molar-refractivity contribution < 1.29 is 9.53 Å². The number of ether oxygens (including phenoxy) is 1. The maximum Gasteiger partial charge on any atom is 0.140 e. The van der Waals surface area contributed by atoms with Gasteiger partial charge >= 0.3 is 0 Å². The van der Waals surface area contributed by atoms with Crippen molar-refractivity contribution in [2.45, 2.75) is 51.9 Å². The van der Waals surface area contributed by atoms with Gasteiger partial charge in [-0.05, 0) is 42.9 Å². The second-order valence-corrected chi connectivity index (χ2v) is 5.49. The molecule has 0 unspecified atom stereocenters. The number of hydrogen-bond acceptors (Lipinski definition) is 2. The first-order chi connectivity index (χ1) is 9.24. The first-order valence-corrected chi connectivity index (χ1v) is 7.50. The minimum Gasteiger partial charge on any atom is -0.494 e. The minimum atomic E-state index is 0.114. The molecule has 2 rings (SSSR count). The molecule has 1 aromatic carbocycles. The number of hydrogen-bond donors (Lipinski definition) is 0. The third kappa shape index (κ3) is 3.59. The Kier molecular flexibility index (Phi) is 5.00. The average Bonchev–Trinajstić information content (AvgIpc) is 2.45. The van der Waals surface area contributed by atoms with Crippen molar-refractivity contribution in [2.75, 3.05) is 6.61 Å². The van der Waals surface area contributed by atoms with Gasteiger partial charge in [-0.2, -0.15) is 0 Å². The topological polar surface area (TPSA) is 26.3 Å². The monoisotopic (exact) mass is 260 g/mol. The molecular formula is C17H24O2. The highest BCUT2D eigenvalue weighted by atomic mass is 16.5. The Hall–Kier alpha value is -1.31. The van der Waals surface area contributed by atoms with Crippen LogP contribution in [-0.2, 0) is 4.79 Å². The van der Waals surface area contributed by atoms with Gasteiger partial charge in [-0.3, -0.25) is 4.79 Å². The second-order valence-electron chi connectivity index (χ2n) is 5.49. The van der Waals surface area contributed by atoms with Crippen LogP contribution >= 0.6 is 0 Å².